The summed E-state index contributed by atoms with van der Waals surface area (Å²) in [5.74, 6) is -0.247. The van der Waals surface area contributed by atoms with Gasteiger partial charge in [0, 0.05) is 16.8 Å². The van der Waals surface area contributed by atoms with Gasteiger partial charge in [-0.25, -0.2) is 0 Å². The Bertz CT molecular complexity index is 874. The maximum absolute atomic E-state index is 11.9. The van der Waals surface area contributed by atoms with Crippen LogP contribution in [0.3, 0.4) is 0 Å². The second kappa shape index (κ2) is 4.57. The number of aliphatic imine (C=N–C) groups is 1. The zero-order chi connectivity index (χ0) is 14.3. The van der Waals surface area contributed by atoms with E-state index in [2.05, 4.69) is 15.0 Å². The van der Waals surface area contributed by atoms with Crippen molar-refractivity contribution >= 4 is 35.3 Å². The third-order valence-corrected chi connectivity index (χ3v) is 3.32. The molecule has 1 aliphatic rings. The summed E-state index contributed by atoms with van der Waals surface area (Å²) in [6, 6.07) is 7.64. The Labute approximate surface area is 119 Å². The molecule has 0 amide bonds. The zero-order valence-corrected chi connectivity index (χ0v) is 11.4. The van der Waals surface area contributed by atoms with Crippen LogP contribution in [-0.2, 0) is 0 Å². The number of allylic oxidation sites excluding steroid dienone is 1. The summed E-state index contributed by atoms with van der Waals surface area (Å²) < 4.78 is 0.0897. The predicted molar refractivity (Wildman–Crippen MR) is 81.0 cm³/mol. The summed E-state index contributed by atoms with van der Waals surface area (Å²) in [7, 11) is 0. The number of fused-ring (bicyclic) bond motifs is 1. The van der Waals surface area contributed by atoms with E-state index in [1.165, 1.54) is 0 Å². The highest BCUT2D eigenvalue weighted by Crippen LogP contribution is 2.35. The standard InChI is InChI=1S/C14H11N3O2S/c1-7-9(8-4-2-3-5-11(8)15-7)6-10-12(18)16-14(20)17-13(10)19/h2-6H,1H3,(H3,16,17,18,19,20)/b9-6-. The van der Waals surface area contributed by atoms with E-state index < -0.39 is 5.56 Å². The smallest absolute Gasteiger partial charge is 0.262 e. The van der Waals surface area contributed by atoms with E-state index >= 15 is 0 Å². The Morgan fingerprint density at radius 3 is 2.80 bits per heavy atom. The Hall–Kier alpha value is -2.47. The Morgan fingerprint density at radius 1 is 1.30 bits per heavy atom. The van der Waals surface area contributed by atoms with Gasteiger partial charge in [0.2, 0.25) is 5.88 Å². The van der Waals surface area contributed by atoms with Crippen LogP contribution in [0.25, 0.3) is 11.6 Å². The largest absolute Gasteiger partial charge is 0.494 e. The predicted octanol–water partition coefficient (Wildman–Crippen LogP) is 2.78. The summed E-state index contributed by atoms with van der Waals surface area (Å²) in [6.45, 7) is 1.86. The number of nitrogens with one attached hydrogen (secondary N) is 2. The lowest BCUT2D eigenvalue weighted by Crippen LogP contribution is -2.11. The molecule has 0 bridgehead atoms. The SMILES string of the molecule is CC1=Nc2ccccc2/C1=C\c1c(O)[nH]c(=S)[nH]c1=O. The number of nitrogens with zero attached hydrogens (tertiary/aromatic N) is 1. The molecular weight excluding hydrogens is 274 g/mol. The zero-order valence-electron chi connectivity index (χ0n) is 10.6. The minimum atomic E-state index is -0.434. The van der Waals surface area contributed by atoms with Crippen molar-refractivity contribution < 1.29 is 5.11 Å². The third-order valence-electron chi connectivity index (χ3n) is 3.12. The minimum Gasteiger partial charge on any atom is -0.494 e. The minimum absolute atomic E-state index is 0.0897. The molecule has 20 heavy (non-hydrogen) atoms. The van der Waals surface area contributed by atoms with Crippen molar-refractivity contribution in [3.63, 3.8) is 0 Å². The number of aromatic amines is 2. The molecule has 0 saturated carbocycles. The number of aromatic nitrogens is 2. The molecule has 0 atom stereocenters. The Balaban J connectivity index is 2.23. The molecule has 5 nitrogen and oxygen atoms in total. The van der Waals surface area contributed by atoms with Crippen molar-refractivity contribution in [3.8, 4) is 5.88 Å². The van der Waals surface area contributed by atoms with Gasteiger partial charge in [-0.1, -0.05) is 18.2 Å². The van der Waals surface area contributed by atoms with Gasteiger partial charge in [-0.15, -0.1) is 0 Å². The van der Waals surface area contributed by atoms with E-state index in [1.807, 2.05) is 31.2 Å². The van der Waals surface area contributed by atoms with E-state index in [1.54, 1.807) is 6.08 Å². The molecule has 0 saturated heterocycles. The van der Waals surface area contributed by atoms with Crippen molar-refractivity contribution in [1.29, 1.82) is 0 Å². The molecule has 0 spiro atoms. The summed E-state index contributed by atoms with van der Waals surface area (Å²) in [6.07, 6.45) is 1.62. The molecule has 6 heteroatoms. The van der Waals surface area contributed by atoms with Gasteiger partial charge >= 0.3 is 0 Å². The molecule has 0 fully saturated rings. The number of hydrogen-bond acceptors (Lipinski definition) is 4. The monoisotopic (exact) mass is 285 g/mol. The normalized spacial score (nSPS) is 15.2. The van der Waals surface area contributed by atoms with E-state index in [4.69, 9.17) is 12.2 Å². The molecular formula is C14H11N3O2S. The first-order valence-corrected chi connectivity index (χ1v) is 6.39. The highest BCUT2D eigenvalue weighted by Gasteiger charge is 2.18. The molecule has 3 N–H and O–H groups in total. The first-order valence-electron chi connectivity index (χ1n) is 5.98. The van der Waals surface area contributed by atoms with Crippen molar-refractivity contribution in [1.82, 2.24) is 9.97 Å². The highest BCUT2D eigenvalue weighted by atomic mass is 32.1. The topological polar surface area (TPSA) is 81.2 Å². The fourth-order valence-electron chi connectivity index (χ4n) is 2.18. The number of para-hydroxylation sites is 1. The number of rotatable bonds is 1. The van der Waals surface area contributed by atoms with Gasteiger partial charge in [0.25, 0.3) is 5.56 Å². The number of aromatic hydroxyl groups is 1. The van der Waals surface area contributed by atoms with Crippen molar-refractivity contribution in [3.05, 3.63) is 50.5 Å². The molecule has 1 aromatic heterocycles. The fraction of sp³-hybridized carbons (Fsp3) is 0.0714. The molecule has 0 unspecified atom stereocenters. The number of hydrogen-bond donors (Lipinski definition) is 3. The van der Waals surface area contributed by atoms with Gasteiger partial charge in [0.1, 0.15) is 5.56 Å². The lowest BCUT2D eigenvalue weighted by atomic mass is 10.0. The van der Waals surface area contributed by atoms with Crippen LogP contribution in [0.2, 0.25) is 0 Å². The molecule has 2 heterocycles. The Morgan fingerprint density at radius 2 is 2.05 bits per heavy atom. The second-order valence-electron chi connectivity index (χ2n) is 4.44. The molecule has 1 aliphatic heterocycles. The van der Waals surface area contributed by atoms with Gasteiger partial charge in [-0.3, -0.25) is 14.8 Å². The van der Waals surface area contributed by atoms with Crippen LogP contribution in [0.5, 0.6) is 5.88 Å². The average Bonchev–Trinajstić information content (AvgIpc) is 2.69. The van der Waals surface area contributed by atoms with Crippen LogP contribution in [0.15, 0.2) is 34.1 Å². The quantitative estimate of drug-likeness (QED) is 0.705. The van der Waals surface area contributed by atoms with Crippen LogP contribution < -0.4 is 5.56 Å². The lowest BCUT2D eigenvalue weighted by Gasteiger charge is -2.03. The van der Waals surface area contributed by atoms with Crippen LogP contribution in [0.1, 0.15) is 18.1 Å². The van der Waals surface area contributed by atoms with Gasteiger partial charge in [0.05, 0.1) is 5.69 Å². The number of benzene rings is 1. The maximum atomic E-state index is 11.9. The third kappa shape index (κ3) is 2.00. The van der Waals surface area contributed by atoms with Gasteiger partial charge < -0.3 is 10.1 Å². The summed E-state index contributed by atoms with van der Waals surface area (Å²) in [5.41, 5.74) is 3.11. The summed E-state index contributed by atoms with van der Waals surface area (Å²) >= 11 is 4.80. The molecule has 0 radical (unpaired) electrons. The first-order chi connectivity index (χ1) is 9.56. The van der Waals surface area contributed by atoms with Gasteiger partial charge in [-0.05, 0) is 31.3 Å². The fourth-order valence-corrected chi connectivity index (χ4v) is 2.37. The Kier molecular flexibility index (Phi) is 2.87. The van der Waals surface area contributed by atoms with Gasteiger partial charge in [0.15, 0.2) is 4.77 Å². The van der Waals surface area contributed by atoms with Crippen LogP contribution in [0, 0.1) is 4.77 Å². The molecule has 100 valence electrons. The van der Waals surface area contributed by atoms with E-state index in [-0.39, 0.29) is 16.2 Å². The van der Waals surface area contributed by atoms with E-state index in [0.29, 0.717) is 0 Å². The highest BCUT2D eigenvalue weighted by molar-refractivity contribution is 7.71. The first kappa shape index (κ1) is 12.6. The van der Waals surface area contributed by atoms with Crippen molar-refractivity contribution in [2.45, 2.75) is 6.92 Å². The van der Waals surface area contributed by atoms with Crippen molar-refractivity contribution in [2.24, 2.45) is 4.99 Å². The molecule has 0 aliphatic carbocycles. The van der Waals surface area contributed by atoms with Crippen molar-refractivity contribution in [2.75, 3.05) is 0 Å². The summed E-state index contributed by atoms with van der Waals surface area (Å²) in [5, 5.41) is 9.84. The molecule has 3 rings (SSSR count). The summed E-state index contributed by atoms with van der Waals surface area (Å²) in [4.78, 5) is 21.3. The molecule has 1 aromatic carbocycles. The van der Waals surface area contributed by atoms with E-state index in [9.17, 15) is 9.90 Å². The van der Waals surface area contributed by atoms with E-state index in [0.717, 1.165) is 22.5 Å². The van der Waals surface area contributed by atoms with Crippen LogP contribution in [-0.4, -0.2) is 20.8 Å². The van der Waals surface area contributed by atoms with Gasteiger partial charge in [-0.2, -0.15) is 0 Å². The maximum Gasteiger partial charge on any atom is 0.262 e. The second-order valence-corrected chi connectivity index (χ2v) is 4.85. The average molecular weight is 285 g/mol. The van der Waals surface area contributed by atoms with Crippen LogP contribution >= 0.6 is 12.2 Å². The molecule has 2 aromatic rings. The number of H-pyrrole nitrogens is 2. The van der Waals surface area contributed by atoms with Crippen LogP contribution in [0.4, 0.5) is 5.69 Å². The lowest BCUT2D eigenvalue weighted by molar-refractivity contribution is 0.448.